The van der Waals surface area contributed by atoms with Crippen molar-refractivity contribution in [1.29, 1.82) is 0 Å². The van der Waals surface area contributed by atoms with Gasteiger partial charge in [-0.25, -0.2) is 0 Å². The van der Waals surface area contributed by atoms with Crippen LogP contribution in [-0.4, -0.2) is 17.6 Å². The largest absolute Gasteiger partial charge is 0.496 e. The lowest BCUT2D eigenvalue weighted by atomic mass is 10.2. The van der Waals surface area contributed by atoms with E-state index in [1.165, 1.54) is 0 Å². The summed E-state index contributed by atoms with van der Waals surface area (Å²) in [6, 6.07) is 15.8. The highest BCUT2D eigenvalue weighted by atomic mass is 79.9. The van der Waals surface area contributed by atoms with Crippen LogP contribution >= 0.6 is 15.9 Å². The number of halogens is 1. The van der Waals surface area contributed by atoms with Gasteiger partial charge in [-0.3, -0.25) is 4.79 Å². The first-order valence-electron chi connectivity index (χ1n) is 7.73. The lowest BCUT2D eigenvalue weighted by Gasteiger charge is -2.11. The van der Waals surface area contributed by atoms with E-state index in [4.69, 9.17) is 4.74 Å². The van der Waals surface area contributed by atoms with Crippen LogP contribution in [0.25, 0.3) is 10.9 Å². The van der Waals surface area contributed by atoms with E-state index >= 15 is 0 Å². The van der Waals surface area contributed by atoms with Crippen molar-refractivity contribution in [3.8, 4) is 5.75 Å². The lowest BCUT2D eigenvalue weighted by Crippen LogP contribution is -2.27. The molecule has 0 fully saturated rings. The highest BCUT2D eigenvalue weighted by molar-refractivity contribution is 9.10. The molecule has 0 saturated heterocycles. The van der Waals surface area contributed by atoms with Gasteiger partial charge in [0.1, 0.15) is 12.3 Å². The van der Waals surface area contributed by atoms with Crippen LogP contribution < -0.4 is 10.1 Å². The Morgan fingerprint density at radius 2 is 1.88 bits per heavy atom. The van der Waals surface area contributed by atoms with E-state index in [1.54, 1.807) is 7.11 Å². The number of nitrogens with one attached hydrogen (secondary N) is 1. The molecular formula is C19H19BrN2O2. The first-order valence-corrected chi connectivity index (χ1v) is 8.53. The second-order valence-electron chi connectivity index (χ2n) is 5.59. The Bertz CT molecular complexity index is 886. The standard InChI is InChI=1S/C19H19BrN2O2/c1-13-19(20)15-8-4-5-9-16(15)22(13)12-18(23)21-11-14-7-3-6-10-17(14)24-2/h3-10H,11-12H2,1-2H3,(H,21,23). The van der Waals surface area contributed by atoms with Crippen LogP contribution in [0.4, 0.5) is 0 Å². The maximum Gasteiger partial charge on any atom is 0.240 e. The molecule has 0 aliphatic rings. The number of aromatic nitrogens is 1. The van der Waals surface area contributed by atoms with Crippen molar-refractivity contribution in [2.75, 3.05) is 7.11 Å². The normalized spacial score (nSPS) is 10.8. The summed E-state index contributed by atoms with van der Waals surface area (Å²) < 4.78 is 8.38. The first-order chi connectivity index (χ1) is 11.6. The van der Waals surface area contributed by atoms with E-state index in [1.807, 2.05) is 54.0 Å². The highest BCUT2D eigenvalue weighted by Gasteiger charge is 2.14. The van der Waals surface area contributed by atoms with Crippen molar-refractivity contribution >= 4 is 32.7 Å². The summed E-state index contributed by atoms with van der Waals surface area (Å²) in [6.45, 7) is 2.74. The minimum absolute atomic E-state index is 0.0303. The fourth-order valence-electron chi connectivity index (χ4n) is 2.83. The quantitative estimate of drug-likeness (QED) is 0.718. The zero-order chi connectivity index (χ0) is 17.1. The average Bonchev–Trinajstić information content (AvgIpc) is 2.85. The number of fused-ring (bicyclic) bond motifs is 1. The Hall–Kier alpha value is -2.27. The molecular weight excluding hydrogens is 368 g/mol. The van der Waals surface area contributed by atoms with Crippen LogP contribution in [0.2, 0.25) is 0 Å². The Balaban J connectivity index is 1.75. The molecule has 5 heteroatoms. The summed E-state index contributed by atoms with van der Waals surface area (Å²) in [6.07, 6.45) is 0. The Labute approximate surface area is 149 Å². The monoisotopic (exact) mass is 386 g/mol. The molecule has 0 saturated carbocycles. The molecule has 0 spiro atoms. The molecule has 24 heavy (non-hydrogen) atoms. The van der Waals surface area contributed by atoms with Crippen LogP contribution in [-0.2, 0) is 17.9 Å². The molecule has 1 aromatic heterocycles. The van der Waals surface area contributed by atoms with Crippen molar-refractivity contribution in [3.05, 3.63) is 64.3 Å². The van der Waals surface area contributed by atoms with E-state index in [2.05, 4.69) is 27.3 Å². The number of carbonyl (C=O) groups excluding carboxylic acids is 1. The third kappa shape index (κ3) is 3.17. The van der Waals surface area contributed by atoms with Crippen LogP contribution in [0.15, 0.2) is 53.0 Å². The van der Waals surface area contributed by atoms with Crippen molar-refractivity contribution in [3.63, 3.8) is 0 Å². The van der Waals surface area contributed by atoms with Crippen molar-refractivity contribution in [1.82, 2.24) is 9.88 Å². The zero-order valence-corrected chi connectivity index (χ0v) is 15.3. The number of methoxy groups -OCH3 is 1. The predicted octanol–water partition coefficient (Wildman–Crippen LogP) is 4.04. The summed E-state index contributed by atoms with van der Waals surface area (Å²) in [5.74, 6) is 0.750. The molecule has 1 amide bonds. The molecule has 2 aromatic carbocycles. The van der Waals surface area contributed by atoms with Gasteiger partial charge in [-0.2, -0.15) is 0 Å². The van der Waals surface area contributed by atoms with Gasteiger partial charge in [-0.1, -0.05) is 36.4 Å². The van der Waals surface area contributed by atoms with Gasteiger partial charge in [0, 0.05) is 33.2 Å². The van der Waals surface area contributed by atoms with Gasteiger partial charge < -0.3 is 14.6 Å². The molecule has 0 unspecified atom stereocenters. The van der Waals surface area contributed by atoms with Crippen LogP contribution in [0.5, 0.6) is 5.75 Å². The molecule has 3 aromatic rings. The van der Waals surface area contributed by atoms with Gasteiger partial charge in [0.25, 0.3) is 0 Å². The van der Waals surface area contributed by atoms with Gasteiger partial charge >= 0.3 is 0 Å². The van der Waals surface area contributed by atoms with Gasteiger partial charge in [-0.05, 0) is 35.0 Å². The second kappa shape index (κ2) is 7.09. The summed E-state index contributed by atoms with van der Waals surface area (Å²) in [5, 5.41) is 4.09. The van der Waals surface area contributed by atoms with Crippen LogP contribution in [0.1, 0.15) is 11.3 Å². The van der Waals surface area contributed by atoms with Gasteiger partial charge in [0.15, 0.2) is 0 Å². The third-order valence-electron chi connectivity index (χ3n) is 4.12. The molecule has 0 atom stereocenters. The maximum atomic E-state index is 12.4. The van der Waals surface area contributed by atoms with Gasteiger partial charge in [0.05, 0.1) is 7.11 Å². The van der Waals surface area contributed by atoms with Gasteiger partial charge in [0.2, 0.25) is 5.91 Å². The molecule has 4 nitrogen and oxygen atoms in total. The molecule has 0 bridgehead atoms. The minimum Gasteiger partial charge on any atom is -0.496 e. The number of amides is 1. The maximum absolute atomic E-state index is 12.4. The number of benzene rings is 2. The molecule has 124 valence electrons. The van der Waals surface area contributed by atoms with Crippen molar-refractivity contribution in [2.24, 2.45) is 0 Å². The Morgan fingerprint density at radius 1 is 1.17 bits per heavy atom. The lowest BCUT2D eigenvalue weighted by molar-refractivity contribution is -0.121. The number of rotatable bonds is 5. The number of ether oxygens (including phenoxy) is 1. The number of hydrogen-bond acceptors (Lipinski definition) is 2. The molecule has 1 heterocycles. The number of carbonyl (C=O) groups is 1. The smallest absolute Gasteiger partial charge is 0.240 e. The minimum atomic E-state index is -0.0303. The van der Waals surface area contributed by atoms with E-state index < -0.39 is 0 Å². The van der Waals surface area contributed by atoms with E-state index in [9.17, 15) is 4.79 Å². The summed E-state index contributed by atoms with van der Waals surface area (Å²) in [4.78, 5) is 12.4. The van der Waals surface area contributed by atoms with Crippen molar-refractivity contribution < 1.29 is 9.53 Å². The summed E-state index contributed by atoms with van der Waals surface area (Å²) in [7, 11) is 1.63. The third-order valence-corrected chi connectivity index (χ3v) is 5.13. The molecule has 3 rings (SSSR count). The second-order valence-corrected chi connectivity index (χ2v) is 6.38. The number of hydrogen-bond donors (Lipinski definition) is 1. The van der Waals surface area contributed by atoms with E-state index in [-0.39, 0.29) is 12.5 Å². The van der Waals surface area contributed by atoms with E-state index in [0.717, 1.165) is 32.4 Å². The SMILES string of the molecule is COc1ccccc1CNC(=O)Cn1c(C)c(Br)c2ccccc21. The zero-order valence-electron chi connectivity index (χ0n) is 13.7. The Kier molecular flexibility index (Phi) is 4.90. The highest BCUT2D eigenvalue weighted by Crippen LogP contribution is 2.30. The molecule has 0 aliphatic carbocycles. The predicted molar refractivity (Wildman–Crippen MR) is 99.2 cm³/mol. The summed E-state index contributed by atoms with van der Waals surface area (Å²) in [5.41, 5.74) is 3.06. The first kappa shape index (κ1) is 16.6. The van der Waals surface area contributed by atoms with E-state index in [0.29, 0.717) is 6.54 Å². The fraction of sp³-hybridized carbons (Fsp3) is 0.211. The Morgan fingerprint density at radius 3 is 2.67 bits per heavy atom. The number of nitrogens with zero attached hydrogens (tertiary/aromatic N) is 1. The molecule has 1 N–H and O–H groups in total. The van der Waals surface area contributed by atoms with Crippen LogP contribution in [0, 0.1) is 6.92 Å². The molecule has 0 aliphatic heterocycles. The summed E-state index contributed by atoms with van der Waals surface area (Å²) >= 11 is 3.62. The molecule has 0 radical (unpaired) electrons. The topological polar surface area (TPSA) is 43.3 Å². The average molecular weight is 387 g/mol. The van der Waals surface area contributed by atoms with Crippen molar-refractivity contribution in [2.45, 2.75) is 20.0 Å². The fourth-order valence-corrected chi connectivity index (χ4v) is 3.38. The van der Waals surface area contributed by atoms with Gasteiger partial charge in [-0.15, -0.1) is 0 Å². The number of para-hydroxylation sites is 2. The van der Waals surface area contributed by atoms with Crippen LogP contribution in [0.3, 0.4) is 0 Å².